The van der Waals surface area contributed by atoms with E-state index in [1.165, 1.54) is 0 Å². The second-order valence-corrected chi connectivity index (χ2v) is 12.2. The van der Waals surface area contributed by atoms with Crippen LogP contribution in [0.4, 0.5) is 24.7 Å². The Morgan fingerprint density at radius 1 is 1.13 bits per heavy atom. The normalized spacial score (nSPS) is 23.0. The van der Waals surface area contributed by atoms with Crippen molar-refractivity contribution < 1.29 is 31.6 Å². The van der Waals surface area contributed by atoms with E-state index in [-0.39, 0.29) is 43.4 Å². The number of primary amides is 1. The molecular formula is C26H37F3N5O4P. The van der Waals surface area contributed by atoms with Crippen LogP contribution in [0.5, 0.6) is 0 Å². The maximum atomic E-state index is 13.0. The fourth-order valence-electron chi connectivity index (χ4n) is 5.55. The zero-order chi connectivity index (χ0) is 28.4. The number of benzene rings is 1. The summed E-state index contributed by atoms with van der Waals surface area (Å²) < 4.78 is 64.4. The molecule has 1 aromatic heterocycles. The highest BCUT2D eigenvalue weighted by Gasteiger charge is 2.50. The maximum absolute atomic E-state index is 13.0. The molecule has 3 N–H and O–H groups in total. The van der Waals surface area contributed by atoms with Gasteiger partial charge in [0, 0.05) is 31.0 Å². The number of carbonyl (C=O) groups is 1. The number of rotatable bonds is 11. The van der Waals surface area contributed by atoms with Crippen molar-refractivity contribution >= 4 is 30.3 Å². The molecule has 1 amide bonds. The molecule has 2 aromatic rings. The first-order valence-electron chi connectivity index (χ1n) is 13.4. The number of likely N-dealkylation sites (tertiary alicyclic amines) is 1. The monoisotopic (exact) mass is 571 g/mol. The minimum absolute atomic E-state index is 0.0678. The van der Waals surface area contributed by atoms with Crippen molar-refractivity contribution in [2.24, 2.45) is 11.7 Å². The number of alkyl halides is 3. The van der Waals surface area contributed by atoms with Crippen molar-refractivity contribution in [2.45, 2.75) is 70.6 Å². The molecule has 9 nitrogen and oxygen atoms in total. The Kier molecular flexibility index (Phi) is 8.80. The third-order valence-corrected chi connectivity index (χ3v) is 10.1. The Morgan fingerprint density at radius 2 is 1.72 bits per heavy atom. The first kappa shape index (κ1) is 29.6. The Labute approximate surface area is 226 Å². The summed E-state index contributed by atoms with van der Waals surface area (Å²) in [5, 5.41) is 8.27. The van der Waals surface area contributed by atoms with E-state index in [1.807, 2.05) is 4.90 Å². The number of anilines is 2. The molecule has 1 saturated carbocycles. The van der Waals surface area contributed by atoms with E-state index in [1.54, 1.807) is 49.0 Å². The predicted molar refractivity (Wildman–Crippen MR) is 143 cm³/mol. The molecule has 0 bridgehead atoms. The van der Waals surface area contributed by atoms with Crippen LogP contribution < -0.4 is 16.4 Å². The fraction of sp³-hybridized carbons (Fsp3) is 0.615. The third-order valence-electron chi connectivity index (χ3n) is 7.94. The van der Waals surface area contributed by atoms with Gasteiger partial charge in [-0.3, -0.25) is 18.9 Å². The van der Waals surface area contributed by atoms with E-state index >= 15 is 0 Å². The molecule has 0 spiro atoms. The van der Waals surface area contributed by atoms with E-state index in [4.69, 9.17) is 19.9 Å². The van der Waals surface area contributed by atoms with Crippen LogP contribution in [-0.2, 0) is 19.2 Å². The summed E-state index contributed by atoms with van der Waals surface area (Å²) in [5.74, 6) is -1.55. The van der Waals surface area contributed by atoms with Crippen LogP contribution in [0.2, 0.25) is 0 Å². The van der Waals surface area contributed by atoms with Crippen LogP contribution in [0, 0.1) is 5.92 Å². The zero-order valence-corrected chi connectivity index (χ0v) is 23.4. The van der Waals surface area contributed by atoms with Gasteiger partial charge in [0.25, 0.3) is 5.91 Å². The van der Waals surface area contributed by atoms with Gasteiger partial charge in [-0.2, -0.15) is 18.3 Å². The molecule has 0 atom stereocenters. The molecule has 1 aliphatic heterocycles. The summed E-state index contributed by atoms with van der Waals surface area (Å²) >= 11 is 0. The van der Waals surface area contributed by atoms with Gasteiger partial charge in [-0.05, 0) is 70.2 Å². The van der Waals surface area contributed by atoms with Gasteiger partial charge >= 0.3 is 13.8 Å². The molecule has 4 rings (SSSR count). The van der Waals surface area contributed by atoms with Crippen molar-refractivity contribution in [3.05, 3.63) is 36.0 Å². The minimum Gasteiger partial charge on any atom is -0.365 e. The summed E-state index contributed by atoms with van der Waals surface area (Å²) in [6.07, 6.45) is 1.27. The zero-order valence-electron chi connectivity index (χ0n) is 22.5. The Morgan fingerprint density at radius 3 is 2.21 bits per heavy atom. The van der Waals surface area contributed by atoms with Gasteiger partial charge in [0.05, 0.1) is 30.0 Å². The van der Waals surface area contributed by atoms with E-state index in [9.17, 15) is 22.5 Å². The topological polar surface area (TPSA) is 112 Å². The van der Waals surface area contributed by atoms with Gasteiger partial charge in [0.2, 0.25) is 0 Å². The molecule has 13 heteroatoms. The lowest BCUT2D eigenvalue weighted by molar-refractivity contribution is -0.215. The lowest BCUT2D eigenvalue weighted by Gasteiger charge is -2.49. The van der Waals surface area contributed by atoms with Crippen molar-refractivity contribution in [1.82, 2.24) is 14.7 Å². The summed E-state index contributed by atoms with van der Waals surface area (Å²) in [6.45, 7) is 6.15. The number of hydrogen-bond donors (Lipinski definition) is 2. The second-order valence-electron chi connectivity index (χ2n) is 10.2. The molecule has 1 aliphatic carbocycles. The van der Waals surface area contributed by atoms with E-state index in [2.05, 4.69) is 12.2 Å². The molecule has 2 fully saturated rings. The number of nitrogens with two attached hydrogens (primary N) is 1. The third kappa shape index (κ3) is 6.19. The number of carbonyl (C=O) groups excluding carboxylic acids is 1. The first-order chi connectivity index (χ1) is 18.4. The van der Waals surface area contributed by atoms with Gasteiger partial charge in [0.15, 0.2) is 5.82 Å². The highest BCUT2D eigenvalue weighted by molar-refractivity contribution is 7.62. The lowest BCUT2D eigenvalue weighted by atomic mass is 9.76. The standard InChI is InChI=1S/C26H37F3N5O4P/c1-4-25(13-11-20(12-14-25)33-15-18(16-33)26(27,28)29)34-17-22(23(30)35)24(32-34)31-19-7-9-21(10-8-19)39(36,37-5-2)38-6-3/h7-10,17-18,20H,4-6,11-16H2,1-3H3,(H2,30,35)(H,31,32)/t20-,25-. The number of aromatic nitrogens is 2. The Hall–Kier alpha value is -2.40. The van der Waals surface area contributed by atoms with E-state index in [0.717, 1.165) is 32.1 Å². The predicted octanol–water partition coefficient (Wildman–Crippen LogP) is 5.16. The van der Waals surface area contributed by atoms with Crippen LogP contribution in [0.3, 0.4) is 0 Å². The Balaban J connectivity index is 1.48. The van der Waals surface area contributed by atoms with E-state index in [0.29, 0.717) is 16.8 Å². The van der Waals surface area contributed by atoms with Crippen LogP contribution >= 0.6 is 7.60 Å². The van der Waals surface area contributed by atoms with Gasteiger partial charge in [-0.25, -0.2) is 0 Å². The second kappa shape index (κ2) is 11.6. The number of nitrogens with one attached hydrogen (secondary N) is 1. The molecule has 1 saturated heterocycles. The molecule has 1 aromatic carbocycles. The quantitative estimate of drug-likeness (QED) is 0.359. The van der Waals surface area contributed by atoms with Crippen molar-refractivity contribution in [3.63, 3.8) is 0 Å². The number of nitrogens with zero attached hydrogens (tertiary/aromatic N) is 3. The van der Waals surface area contributed by atoms with Crippen LogP contribution in [-0.4, -0.2) is 59.1 Å². The van der Waals surface area contributed by atoms with Gasteiger partial charge in [-0.15, -0.1) is 0 Å². The SMILES string of the molecule is CCOP(=O)(OCC)c1ccc(Nc2nn([C@]3(CC)CC[C@@H](N4CC(C(F)(F)F)C4)CC3)cc2C(N)=O)cc1. The van der Waals surface area contributed by atoms with Crippen LogP contribution in [0.25, 0.3) is 0 Å². The molecule has 216 valence electrons. The number of amides is 1. The summed E-state index contributed by atoms with van der Waals surface area (Å²) in [4.78, 5) is 14.2. The highest BCUT2D eigenvalue weighted by Crippen LogP contribution is 2.47. The molecule has 39 heavy (non-hydrogen) atoms. The van der Waals surface area contributed by atoms with Gasteiger partial charge < -0.3 is 20.1 Å². The Bertz CT molecular complexity index is 1180. The smallest absolute Gasteiger partial charge is 0.365 e. The molecular weight excluding hydrogens is 534 g/mol. The van der Waals surface area contributed by atoms with Crippen molar-refractivity contribution in [3.8, 4) is 0 Å². The average molecular weight is 572 g/mol. The van der Waals surface area contributed by atoms with Crippen molar-refractivity contribution in [1.29, 1.82) is 0 Å². The number of hydrogen-bond acceptors (Lipinski definition) is 7. The van der Waals surface area contributed by atoms with Crippen molar-refractivity contribution in [2.75, 3.05) is 31.6 Å². The van der Waals surface area contributed by atoms with Crippen LogP contribution in [0.15, 0.2) is 30.5 Å². The average Bonchev–Trinajstić information content (AvgIpc) is 3.28. The van der Waals surface area contributed by atoms with Crippen LogP contribution in [0.1, 0.15) is 63.2 Å². The van der Waals surface area contributed by atoms with Gasteiger partial charge in [-0.1, -0.05) is 6.92 Å². The first-order valence-corrected chi connectivity index (χ1v) is 15.0. The molecule has 2 aliphatic rings. The summed E-state index contributed by atoms with van der Waals surface area (Å²) in [5.41, 5.74) is 6.16. The summed E-state index contributed by atoms with van der Waals surface area (Å²) in [6, 6.07) is 6.81. The molecule has 0 unspecified atom stereocenters. The maximum Gasteiger partial charge on any atom is 0.394 e. The van der Waals surface area contributed by atoms with E-state index < -0.39 is 25.6 Å². The lowest BCUT2D eigenvalue weighted by Crippen LogP contribution is -2.58. The number of halogens is 3. The summed E-state index contributed by atoms with van der Waals surface area (Å²) in [7, 11) is -3.43. The molecule has 0 radical (unpaired) electrons. The fourth-order valence-corrected chi connectivity index (χ4v) is 7.11. The van der Waals surface area contributed by atoms with Gasteiger partial charge in [0.1, 0.15) is 5.56 Å². The largest absolute Gasteiger partial charge is 0.394 e. The molecule has 2 heterocycles. The minimum atomic E-state index is -4.13. The highest BCUT2D eigenvalue weighted by atomic mass is 31.2.